The summed E-state index contributed by atoms with van der Waals surface area (Å²) in [5.74, 6) is 0.700. The highest BCUT2D eigenvalue weighted by atomic mass is 16.5. The number of likely N-dealkylation sites (tertiary alicyclic amines) is 1. The van der Waals surface area contributed by atoms with Crippen LogP contribution in [-0.2, 0) is 0 Å². The second-order valence-corrected chi connectivity index (χ2v) is 6.39. The summed E-state index contributed by atoms with van der Waals surface area (Å²) >= 11 is 0. The number of benzene rings is 2. The molecule has 2 aromatic rings. The minimum absolute atomic E-state index is 0.0116. The van der Waals surface area contributed by atoms with Gasteiger partial charge in [0.1, 0.15) is 11.8 Å². The first-order valence-corrected chi connectivity index (χ1v) is 8.92. The Morgan fingerprint density at radius 3 is 2.37 bits per heavy atom. The van der Waals surface area contributed by atoms with Gasteiger partial charge in [-0.3, -0.25) is 4.79 Å². The summed E-state index contributed by atoms with van der Waals surface area (Å²) < 4.78 is 5.19. The van der Waals surface area contributed by atoms with Crippen molar-refractivity contribution in [1.29, 1.82) is 5.26 Å². The number of nitrogens with one attached hydrogen (secondary N) is 1. The molecule has 6 nitrogen and oxygen atoms in total. The van der Waals surface area contributed by atoms with Gasteiger partial charge in [-0.2, -0.15) is 5.26 Å². The van der Waals surface area contributed by atoms with Crippen LogP contribution in [0.4, 0.5) is 10.5 Å². The fraction of sp³-hybridized carbons (Fsp3) is 0.286. The fourth-order valence-corrected chi connectivity index (χ4v) is 3.14. The number of carbonyl (C=O) groups excluding carboxylic acids is 2. The maximum atomic E-state index is 12.5. The molecule has 138 valence electrons. The predicted molar refractivity (Wildman–Crippen MR) is 102 cm³/mol. The van der Waals surface area contributed by atoms with Gasteiger partial charge in [-0.05, 0) is 37.1 Å². The summed E-state index contributed by atoms with van der Waals surface area (Å²) in [5.41, 5.74) is 1.39. The Morgan fingerprint density at radius 2 is 1.74 bits per heavy atom. The number of ether oxygens (including phenoxy) is 1. The third-order valence-electron chi connectivity index (χ3n) is 4.62. The number of nitriles is 1. The number of Topliss-reactive ketones (excluding diaryl/α,β-unsaturated/α-hetero) is 1. The average molecular weight is 363 g/mol. The van der Waals surface area contributed by atoms with Crippen molar-refractivity contribution >= 4 is 17.5 Å². The maximum absolute atomic E-state index is 12.5. The molecule has 27 heavy (non-hydrogen) atoms. The number of nitrogens with zero attached hydrogens (tertiary/aromatic N) is 2. The lowest BCUT2D eigenvalue weighted by molar-refractivity contribution is 0.0859. The summed E-state index contributed by atoms with van der Waals surface area (Å²) in [5, 5.41) is 11.4. The molecule has 1 heterocycles. The van der Waals surface area contributed by atoms with Gasteiger partial charge in [-0.15, -0.1) is 0 Å². The van der Waals surface area contributed by atoms with E-state index in [-0.39, 0.29) is 24.3 Å². The number of anilines is 1. The van der Waals surface area contributed by atoms with Gasteiger partial charge in [0, 0.05) is 30.3 Å². The van der Waals surface area contributed by atoms with Crippen LogP contribution in [0.2, 0.25) is 0 Å². The van der Waals surface area contributed by atoms with Gasteiger partial charge >= 0.3 is 6.03 Å². The Bertz CT molecular complexity index is 820. The van der Waals surface area contributed by atoms with Crippen molar-refractivity contribution in [3.63, 3.8) is 0 Å². The molecule has 1 aliphatic heterocycles. The van der Waals surface area contributed by atoms with E-state index in [0.717, 1.165) is 5.56 Å². The number of urea groups is 1. The standard InChI is InChI=1S/C21H21N3O3/c22-12-15-27-19-8-6-18(7-9-19)23-21(26)24-13-10-17(11-14-24)20(25)16-4-2-1-3-5-16/h1-9,17H,10-11,13-15H2,(H,23,26). The highest BCUT2D eigenvalue weighted by Gasteiger charge is 2.27. The molecular weight excluding hydrogens is 342 g/mol. The van der Waals surface area contributed by atoms with E-state index in [2.05, 4.69) is 5.32 Å². The molecule has 0 spiro atoms. The number of rotatable bonds is 5. The van der Waals surface area contributed by atoms with Gasteiger partial charge in [0.25, 0.3) is 0 Å². The zero-order chi connectivity index (χ0) is 19.1. The predicted octanol–water partition coefficient (Wildman–Crippen LogP) is 3.72. The third-order valence-corrected chi connectivity index (χ3v) is 4.62. The Morgan fingerprint density at radius 1 is 1.07 bits per heavy atom. The average Bonchev–Trinajstić information content (AvgIpc) is 2.73. The van der Waals surface area contributed by atoms with Gasteiger partial charge in [0.05, 0.1) is 0 Å². The van der Waals surface area contributed by atoms with Gasteiger partial charge in [0.15, 0.2) is 12.4 Å². The van der Waals surface area contributed by atoms with Crippen LogP contribution in [0.1, 0.15) is 23.2 Å². The van der Waals surface area contributed by atoms with Gasteiger partial charge in [-0.25, -0.2) is 4.79 Å². The lowest BCUT2D eigenvalue weighted by Crippen LogP contribution is -2.42. The van der Waals surface area contributed by atoms with E-state index in [9.17, 15) is 9.59 Å². The van der Waals surface area contributed by atoms with Crippen LogP contribution < -0.4 is 10.1 Å². The molecule has 2 aromatic carbocycles. The Balaban J connectivity index is 1.50. The van der Waals surface area contributed by atoms with Crippen molar-refractivity contribution < 1.29 is 14.3 Å². The van der Waals surface area contributed by atoms with Crippen LogP contribution in [0.15, 0.2) is 54.6 Å². The van der Waals surface area contributed by atoms with Crippen molar-refractivity contribution in [2.24, 2.45) is 5.92 Å². The molecule has 1 N–H and O–H groups in total. The van der Waals surface area contributed by atoms with Gasteiger partial charge in [-0.1, -0.05) is 30.3 Å². The molecule has 0 aliphatic carbocycles. The van der Waals surface area contributed by atoms with E-state index in [1.165, 1.54) is 0 Å². The molecule has 3 rings (SSSR count). The first-order chi connectivity index (χ1) is 13.2. The van der Waals surface area contributed by atoms with Gasteiger partial charge < -0.3 is 15.0 Å². The fourth-order valence-electron chi connectivity index (χ4n) is 3.14. The van der Waals surface area contributed by atoms with Crippen LogP contribution in [0.3, 0.4) is 0 Å². The molecule has 1 aliphatic rings. The van der Waals surface area contributed by atoms with Gasteiger partial charge in [0.2, 0.25) is 0 Å². The first-order valence-electron chi connectivity index (χ1n) is 8.92. The summed E-state index contributed by atoms with van der Waals surface area (Å²) in [4.78, 5) is 26.7. The van der Waals surface area contributed by atoms with Crippen LogP contribution in [0.5, 0.6) is 5.75 Å². The SMILES string of the molecule is N#CCOc1ccc(NC(=O)N2CCC(C(=O)c3ccccc3)CC2)cc1. The molecular formula is C21H21N3O3. The molecule has 0 saturated carbocycles. The monoisotopic (exact) mass is 363 g/mol. The van der Waals surface area contributed by atoms with E-state index >= 15 is 0 Å². The Hall–Kier alpha value is -3.33. The lowest BCUT2D eigenvalue weighted by atomic mass is 9.89. The lowest BCUT2D eigenvalue weighted by Gasteiger charge is -2.31. The molecule has 0 unspecified atom stereocenters. The molecule has 0 atom stereocenters. The van der Waals surface area contributed by atoms with Crippen molar-refractivity contribution in [3.05, 3.63) is 60.2 Å². The molecule has 0 radical (unpaired) electrons. The largest absolute Gasteiger partial charge is 0.479 e. The molecule has 0 bridgehead atoms. The van der Waals surface area contributed by atoms with Crippen LogP contribution in [-0.4, -0.2) is 36.4 Å². The number of hydrogen-bond donors (Lipinski definition) is 1. The third kappa shape index (κ3) is 4.85. The van der Waals surface area contributed by atoms with Crippen LogP contribution >= 0.6 is 0 Å². The molecule has 1 saturated heterocycles. The highest BCUT2D eigenvalue weighted by molar-refractivity contribution is 5.98. The maximum Gasteiger partial charge on any atom is 0.321 e. The number of hydrogen-bond acceptors (Lipinski definition) is 4. The molecule has 2 amide bonds. The van der Waals surface area contributed by atoms with E-state index in [4.69, 9.17) is 10.00 Å². The number of piperidine rings is 1. The molecule has 1 fully saturated rings. The van der Waals surface area contributed by atoms with E-state index in [0.29, 0.717) is 37.4 Å². The quantitative estimate of drug-likeness (QED) is 0.821. The number of amides is 2. The van der Waals surface area contributed by atoms with Crippen molar-refractivity contribution in [3.8, 4) is 11.8 Å². The Labute approximate surface area is 158 Å². The smallest absolute Gasteiger partial charge is 0.321 e. The second-order valence-electron chi connectivity index (χ2n) is 6.39. The van der Waals surface area contributed by atoms with E-state index in [1.54, 1.807) is 29.2 Å². The topological polar surface area (TPSA) is 82.4 Å². The minimum Gasteiger partial charge on any atom is -0.479 e. The Kier molecular flexibility index (Phi) is 6.06. The first kappa shape index (κ1) is 18.5. The van der Waals surface area contributed by atoms with Crippen molar-refractivity contribution in [2.45, 2.75) is 12.8 Å². The zero-order valence-electron chi connectivity index (χ0n) is 14.9. The summed E-state index contributed by atoms with van der Waals surface area (Å²) in [6.45, 7) is 1.10. The molecule has 6 heteroatoms. The summed E-state index contributed by atoms with van der Waals surface area (Å²) in [7, 11) is 0. The van der Waals surface area contributed by atoms with Crippen molar-refractivity contribution in [2.75, 3.05) is 25.0 Å². The summed E-state index contributed by atoms with van der Waals surface area (Å²) in [6, 6.07) is 17.9. The minimum atomic E-state index is -0.175. The normalized spacial score (nSPS) is 14.3. The number of carbonyl (C=O) groups is 2. The summed E-state index contributed by atoms with van der Waals surface area (Å²) in [6.07, 6.45) is 1.34. The van der Waals surface area contributed by atoms with Crippen LogP contribution in [0, 0.1) is 17.2 Å². The van der Waals surface area contributed by atoms with Crippen LogP contribution in [0.25, 0.3) is 0 Å². The van der Waals surface area contributed by atoms with E-state index < -0.39 is 0 Å². The highest BCUT2D eigenvalue weighted by Crippen LogP contribution is 2.23. The number of ketones is 1. The second kappa shape index (κ2) is 8.86. The molecule has 0 aromatic heterocycles. The zero-order valence-corrected chi connectivity index (χ0v) is 14.9. The van der Waals surface area contributed by atoms with Crippen molar-refractivity contribution in [1.82, 2.24) is 4.90 Å². The van der Waals surface area contributed by atoms with E-state index in [1.807, 2.05) is 36.4 Å².